The van der Waals surface area contributed by atoms with Crippen molar-refractivity contribution in [2.45, 2.75) is 13.5 Å². The second-order valence-electron chi connectivity index (χ2n) is 5.79. The summed E-state index contributed by atoms with van der Waals surface area (Å²) in [6, 6.07) is 7.23. The van der Waals surface area contributed by atoms with Crippen LogP contribution in [-0.4, -0.2) is 36.1 Å². The van der Waals surface area contributed by atoms with E-state index in [2.05, 4.69) is 9.97 Å². The van der Waals surface area contributed by atoms with Crippen molar-refractivity contribution < 1.29 is 14.7 Å². The van der Waals surface area contributed by atoms with Gasteiger partial charge in [-0.25, -0.2) is 14.8 Å². The number of aromatic nitrogens is 4. The lowest BCUT2D eigenvalue weighted by Crippen LogP contribution is -2.06. The van der Waals surface area contributed by atoms with Crippen LogP contribution in [0.2, 0.25) is 0 Å². The van der Waals surface area contributed by atoms with Gasteiger partial charge in [-0.05, 0) is 17.7 Å². The van der Waals surface area contributed by atoms with E-state index in [1.165, 1.54) is 19.2 Å². The third-order valence-corrected chi connectivity index (χ3v) is 4.21. The number of carbonyl (C=O) groups is 2. The molecule has 0 spiro atoms. The molecule has 0 aliphatic carbocycles. The normalized spacial score (nSPS) is 11.2. The first-order chi connectivity index (χ1) is 12.1. The highest BCUT2D eigenvalue weighted by molar-refractivity contribution is 6.15. The Balaban J connectivity index is 2.09. The van der Waals surface area contributed by atoms with Crippen LogP contribution in [-0.2, 0) is 6.54 Å². The second-order valence-corrected chi connectivity index (χ2v) is 5.79. The van der Waals surface area contributed by atoms with Gasteiger partial charge >= 0.3 is 5.97 Å². The van der Waals surface area contributed by atoms with Crippen LogP contribution < -0.4 is 0 Å². The zero-order chi connectivity index (χ0) is 17.6. The summed E-state index contributed by atoms with van der Waals surface area (Å²) in [5, 5.41) is 10.8. The summed E-state index contributed by atoms with van der Waals surface area (Å²) in [5.74, 6) is -1.25. The maximum absolute atomic E-state index is 12.2. The summed E-state index contributed by atoms with van der Waals surface area (Å²) in [7, 11) is 0. The number of carbonyl (C=O) groups excluding carboxylic acids is 1. The number of hydrogen-bond donors (Lipinski definition) is 1. The summed E-state index contributed by atoms with van der Waals surface area (Å²) in [5.41, 5.74) is 2.27. The molecule has 1 aromatic carbocycles. The summed E-state index contributed by atoms with van der Waals surface area (Å²) in [6.07, 6.45) is 6.72. The molecule has 4 aromatic rings. The van der Waals surface area contributed by atoms with Crippen molar-refractivity contribution in [1.82, 2.24) is 19.1 Å². The first-order valence-corrected chi connectivity index (χ1v) is 7.68. The lowest BCUT2D eigenvalue weighted by atomic mass is 10.1. The van der Waals surface area contributed by atoms with E-state index in [-0.39, 0.29) is 11.6 Å². The molecule has 4 rings (SSSR count). The molecule has 1 N–H and O–H groups in total. The predicted octanol–water partition coefficient (Wildman–Crippen LogP) is 2.79. The van der Waals surface area contributed by atoms with E-state index in [0.29, 0.717) is 17.4 Å². The van der Waals surface area contributed by atoms with Gasteiger partial charge < -0.3 is 9.67 Å². The van der Waals surface area contributed by atoms with Crippen molar-refractivity contribution in [3.8, 4) is 0 Å². The Morgan fingerprint density at radius 2 is 2.08 bits per heavy atom. The van der Waals surface area contributed by atoms with Gasteiger partial charge in [-0.2, -0.15) is 0 Å². The second kappa shape index (κ2) is 5.55. The van der Waals surface area contributed by atoms with Gasteiger partial charge in [0.1, 0.15) is 5.69 Å². The maximum Gasteiger partial charge on any atom is 0.354 e. The highest BCUT2D eigenvalue weighted by Crippen LogP contribution is 2.32. The fourth-order valence-electron chi connectivity index (χ4n) is 3.21. The van der Waals surface area contributed by atoms with Gasteiger partial charge in [-0.3, -0.25) is 9.36 Å². The number of aromatic carboxylic acids is 1. The van der Waals surface area contributed by atoms with Gasteiger partial charge in [0.05, 0.1) is 23.6 Å². The van der Waals surface area contributed by atoms with Crippen molar-refractivity contribution in [3.05, 3.63) is 60.4 Å². The van der Waals surface area contributed by atoms with E-state index in [0.717, 1.165) is 16.5 Å². The van der Waals surface area contributed by atoms with Crippen molar-refractivity contribution >= 4 is 33.7 Å². The van der Waals surface area contributed by atoms with E-state index in [1.807, 2.05) is 29.0 Å². The van der Waals surface area contributed by atoms with Crippen molar-refractivity contribution in [1.29, 1.82) is 0 Å². The van der Waals surface area contributed by atoms with Gasteiger partial charge in [-0.15, -0.1) is 0 Å². The number of imidazole rings is 1. The van der Waals surface area contributed by atoms with Crippen LogP contribution in [0.5, 0.6) is 0 Å². The number of carboxylic acids is 1. The molecule has 3 aromatic heterocycles. The quantitative estimate of drug-likeness (QED) is 0.622. The lowest BCUT2D eigenvalue weighted by Gasteiger charge is -2.06. The molecule has 7 heteroatoms. The van der Waals surface area contributed by atoms with Gasteiger partial charge in [0.25, 0.3) is 0 Å². The first kappa shape index (κ1) is 15.1. The van der Waals surface area contributed by atoms with Crippen LogP contribution in [0, 0.1) is 0 Å². The third-order valence-electron chi connectivity index (χ3n) is 4.21. The maximum atomic E-state index is 12.2. The van der Waals surface area contributed by atoms with Crippen LogP contribution in [0.1, 0.15) is 27.8 Å². The number of pyridine rings is 1. The monoisotopic (exact) mass is 334 g/mol. The molecule has 0 saturated heterocycles. The number of rotatable bonds is 3. The number of benzene rings is 1. The molecule has 0 unspecified atom stereocenters. The topological polar surface area (TPSA) is 90.0 Å². The summed E-state index contributed by atoms with van der Waals surface area (Å²) in [4.78, 5) is 31.5. The summed E-state index contributed by atoms with van der Waals surface area (Å²) >= 11 is 0. The highest BCUT2D eigenvalue weighted by atomic mass is 16.4. The molecule has 25 heavy (non-hydrogen) atoms. The highest BCUT2D eigenvalue weighted by Gasteiger charge is 2.18. The Hall–Kier alpha value is -3.48. The van der Waals surface area contributed by atoms with Crippen LogP contribution in [0.3, 0.4) is 0 Å². The molecular weight excluding hydrogens is 320 g/mol. The molecule has 0 atom stereocenters. The molecule has 0 aliphatic heterocycles. The smallest absolute Gasteiger partial charge is 0.354 e. The zero-order valence-electron chi connectivity index (χ0n) is 13.4. The van der Waals surface area contributed by atoms with E-state index in [1.54, 1.807) is 17.1 Å². The molecule has 3 heterocycles. The van der Waals surface area contributed by atoms with E-state index >= 15 is 0 Å². The zero-order valence-corrected chi connectivity index (χ0v) is 13.4. The fraction of sp³-hybridized carbons (Fsp3) is 0.111. The van der Waals surface area contributed by atoms with Crippen LogP contribution in [0.4, 0.5) is 0 Å². The fourth-order valence-corrected chi connectivity index (χ4v) is 3.21. The SMILES string of the molecule is CC(=O)n1c2cnc(C(=O)O)cc2c2c(Cn3ccnc3)cccc21. The number of carboxylic acid groups (broad SMARTS) is 1. The number of hydrogen-bond acceptors (Lipinski definition) is 4. The average Bonchev–Trinajstić information content (AvgIpc) is 3.19. The first-order valence-electron chi connectivity index (χ1n) is 7.68. The summed E-state index contributed by atoms with van der Waals surface area (Å²) in [6.45, 7) is 2.05. The molecule has 0 bridgehead atoms. The minimum absolute atomic E-state index is 0.0486. The molecular formula is C18H14N4O3. The Kier molecular flexibility index (Phi) is 3.35. The molecule has 0 amide bonds. The van der Waals surface area contributed by atoms with E-state index in [4.69, 9.17) is 0 Å². The Labute approximate surface area is 142 Å². The van der Waals surface area contributed by atoms with Crippen molar-refractivity contribution in [2.75, 3.05) is 0 Å². The van der Waals surface area contributed by atoms with Crippen LogP contribution in [0.25, 0.3) is 21.8 Å². The van der Waals surface area contributed by atoms with E-state index in [9.17, 15) is 14.7 Å². The lowest BCUT2D eigenvalue weighted by molar-refractivity contribution is 0.0690. The standard InChI is InChI=1S/C18H14N4O3/c1-11(23)22-15-4-2-3-12(9-21-6-5-19-10-21)17(15)13-7-14(18(24)25)20-8-16(13)22/h2-8,10H,9H2,1H3,(H,24,25). The van der Waals surface area contributed by atoms with Gasteiger partial charge in [0.2, 0.25) is 5.91 Å². The summed E-state index contributed by atoms with van der Waals surface area (Å²) < 4.78 is 3.49. The van der Waals surface area contributed by atoms with Crippen LogP contribution in [0.15, 0.2) is 49.2 Å². The Morgan fingerprint density at radius 3 is 2.76 bits per heavy atom. The molecule has 7 nitrogen and oxygen atoms in total. The minimum Gasteiger partial charge on any atom is -0.477 e. The largest absolute Gasteiger partial charge is 0.477 e. The van der Waals surface area contributed by atoms with Crippen LogP contribution >= 0.6 is 0 Å². The molecule has 124 valence electrons. The number of fused-ring (bicyclic) bond motifs is 3. The molecule has 0 fully saturated rings. The van der Waals surface area contributed by atoms with Gasteiger partial charge in [0.15, 0.2) is 0 Å². The van der Waals surface area contributed by atoms with E-state index < -0.39 is 5.97 Å². The third kappa shape index (κ3) is 2.37. The predicted molar refractivity (Wildman–Crippen MR) is 91.8 cm³/mol. The molecule has 0 aliphatic rings. The molecule has 0 radical (unpaired) electrons. The molecule has 0 saturated carbocycles. The van der Waals surface area contributed by atoms with Crippen molar-refractivity contribution in [2.24, 2.45) is 0 Å². The number of nitrogens with zero attached hydrogens (tertiary/aromatic N) is 4. The Bertz CT molecular complexity index is 1130. The van der Waals surface area contributed by atoms with Gasteiger partial charge in [0, 0.05) is 36.6 Å². The Morgan fingerprint density at radius 1 is 1.24 bits per heavy atom. The van der Waals surface area contributed by atoms with Crippen molar-refractivity contribution in [3.63, 3.8) is 0 Å². The van der Waals surface area contributed by atoms with Gasteiger partial charge in [-0.1, -0.05) is 12.1 Å². The average molecular weight is 334 g/mol. The minimum atomic E-state index is -1.10.